The van der Waals surface area contributed by atoms with Crippen LogP contribution in [0.2, 0.25) is 0 Å². The Morgan fingerprint density at radius 3 is 2.94 bits per heavy atom. The molecule has 1 fully saturated rings. The zero-order chi connectivity index (χ0) is 12.4. The summed E-state index contributed by atoms with van der Waals surface area (Å²) >= 11 is 5.15. The summed E-state index contributed by atoms with van der Waals surface area (Å²) in [6.07, 6.45) is 3.73. The van der Waals surface area contributed by atoms with Gasteiger partial charge in [-0.25, -0.2) is 0 Å². The highest BCUT2D eigenvalue weighted by molar-refractivity contribution is 7.80. The van der Waals surface area contributed by atoms with Crippen molar-refractivity contribution in [1.29, 1.82) is 0 Å². The molecule has 1 atom stereocenters. The van der Waals surface area contributed by atoms with Gasteiger partial charge in [0.1, 0.15) is 4.99 Å². The number of thiocarbonyl (C=S) groups is 1. The SMILES string of the molecule is CCC1CCCN1c1cc(C)ccc1C(N)=S. The van der Waals surface area contributed by atoms with Crippen molar-refractivity contribution >= 4 is 22.9 Å². The summed E-state index contributed by atoms with van der Waals surface area (Å²) in [4.78, 5) is 2.98. The number of hydrogen-bond donors (Lipinski definition) is 1. The van der Waals surface area contributed by atoms with E-state index in [0.717, 1.165) is 12.1 Å². The number of rotatable bonds is 3. The Hall–Kier alpha value is -1.09. The molecule has 1 aliphatic rings. The van der Waals surface area contributed by atoms with Gasteiger partial charge in [-0.1, -0.05) is 25.2 Å². The van der Waals surface area contributed by atoms with Crippen LogP contribution in [-0.2, 0) is 0 Å². The van der Waals surface area contributed by atoms with Crippen molar-refractivity contribution in [1.82, 2.24) is 0 Å². The molecule has 0 aliphatic carbocycles. The van der Waals surface area contributed by atoms with Crippen LogP contribution in [0, 0.1) is 6.92 Å². The van der Waals surface area contributed by atoms with Crippen LogP contribution in [0.15, 0.2) is 18.2 Å². The topological polar surface area (TPSA) is 29.3 Å². The number of hydrogen-bond acceptors (Lipinski definition) is 2. The van der Waals surface area contributed by atoms with Gasteiger partial charge in [0.15, 0.2) is 0 Å². The summed E-state index contributed by atoms with van der Waals surface area (Å²) in [7, 11) is 0. The van der Waals surface area contributed by atoms with Crippen molar-refractivity contribution in [3.8, 4) is 0 Å². The minimum Gasteiger partial charge on any atom is -0.389 e. The zero-order valence-electron chi connectivity index (χ0n) is 10.6. The summed E-state index contributed by atoms with van der Waals surface area (Å²) in [5.74, 6) is 0. The van der Waals surface area contributed by atoms with Crippen molar-refractivity contribution < 1.29 is 0 Å². The van der Waals surface area contributed by atoms with Gasteiger partial charge in [-0.2, -0.15) is 0 Å². The monoisotopic (exact) mass is 248 g/mol. The summed E-state index contributed by atoms with van der Waals surface area (Å²) < 4.78 is 0. The van der Waals surface area contributed by atoms with Gasteiger partial charge in [0.25, 0.3) is 0 Å². The molecule has 3 heteroatoms. The molecule has 0 aromatic heterocycles. The molecule has 1 aromatic carbocycles. The standard InChI is InChI=1S/C14H20N2S/c1-3-11-5-4-8-16(11)13-9-10(2)6-7-12(13)14(15)17/h6-7,9,11H,3-5,8H2,1-2H3,(H2,15,17). The number of anilines is 1. The highest BCUT2D eigenvalue weighted by Gasteiger charge is 2.25. The maximum atomic E-state index is 5.82. The van der Waals surface area contributed by atoms with Crippen LogP contribution < -0.4 is 10.6 Å². The molecule has 1 saturated heterocycles. The summed E-state index contributed by atoms with van der Waals surface area (Å²) in [6.45, 7) is 5.49. The van der Waals surface area contributed by atoms with Crippen molar-refractivity contribution in [2.45, 2.75) is 39.2 Å². The molecule has 0 amide bonds. The van der Waals surface area contributed by atoms with Gasteiger partial charge in [0, 0.05) is 23.8 Å². The van der Waals surface area contributed by atoms with Crippen LogP contribution in [0.25, 0.3) is 0 Å². The second-order valence-corrected chi connectivity index (χ2v) is 5.22. The first-order valence-corrected chi connectivity index (χ1v) is 6.71. The zero-order valence-corrected chi connectivity index (χ0v) is 11.4. The molecule has 0 saturated carbocycles. The molecule has 1 aliphatic heterocycles. The second kappa shape index (κ2) is 5.05. The minimum absolute atomic E-state index is 0.502. The third kappa shape index (κ3) is 2.44. The van der Waals surface area contributed by atoms with E-state index >= 15 is 0 Å². The van der Waals surface area contributed by atoms with Crippen LogP contribution in [0.5, 0.6) is 0 Å². The fourth-order valence-electron chi connectivity index (χ4n) is 2.66. The van der Waals surface area contributed by atoms with Crippen LogP contribution in [0.1, 0.15) is 37.3 Å². The summed E-state index contributed by atoms with van der Waals surface area (Å²) in [6, 6.07) is 6.99. The molecular formula is C14H20N2S. The molecule has 0 spiro atoms. The Labute approximate surface area is 109 Å². The first kappa shape index (κ1) is 12.4. The van der Waals surface area contributed by atoms with E-state index in [-0.39, 0.29) is 0 Å². The van der Waals surface area contributed by atoms with Crippen molar-refractivity contribution in [2.75, 3.05) is 11.4 Å². The highest BCUT2D eigenvalue weighted by atomic mass is 32.1. The number of nitrogens with zero attached hydrogens (tertiary/aromatic N) is 1. The van der Waals surface area contributed by atoms with Gasteiger partial charge in [-0.15, -0.1) is 0 Å². The maximum absolute atomic E-state index is 5.82. The molecule has 92 valence electrons. The molecule has 0 radical (unpaired) electrons. The Kier molecular flexibility index (Phi) is 3.67. The van der Waals surface area contributed by atoms with Gasteiger partial charge < -0.3 is 10.6 Å². The van der Waals surface area contributed by atoms with Crippen LogP contribution in [0.3, 0.4) is 0 Å². The van der Waals surface area contributed by atoms with E-state index in [1.54, 1.807) is 0 Å². The fourth-order valence-corrected chi connectivity index (χ4v) is 2.84. The molecule has 2 rings (SSSR count). The van der Waals surface area contributed by atoms with Crippen molar-refractivity contribution in [3.05, 3.63) is 29.3 Å². The lowest BCUT2D eigenvalue weighted by Gasteiger charge is -2.28. The molecule has 1 unspecified atom stereocenters. The minimum atomic E-state index is 0.502. The predicted octanol–water partition coefficient (Wildman–Crippen LogP) is 3.01. The van der Waals surface area contributed by atoms with Crippen molar-refractivity contribution in [2.24, 2.45) is 5.73 Å². The van der Waals surface area contributed by atoms with Crippen molar-refractivity contribution in [3.63, 3.8) is 0 Å². The van der Waals surface area contributed by atoms with E-state index < -0.39 is 0 Å². The van der Waals surface area contributed by atoms with Gasteiger partial charge >= 0.3 is 0 Å². The second-order valence-electron chi connectivity index (χ2n) is 4.78. The van der Waals surface area contributed by atoms with Gasteiger partial charge in [0.05, 0.1) is 0 Å². The normalized spacial score (nSPS) is 19.6. The van der Waals surface area contributed by atoms with Gasteiger partial charge in [0.2, 0.25) is 0 Å². The Bertz CT molecular complexity index is 428. The number of benzene rings is 1. The lowest BCUT2D eigenvalue weighted by molar-refractivity contribution is 0.645. The highest BCUT2D eigenvalue weighted by Crippen LogP contribution is 2.30. The smallest absolute Gasteiger partial charge is 0.106 e. The van der Waals surface area contributed by atoms with E-state index in [2.05, 4.69) is 36.9 Å². The maximum Gasteiger partial charge on any atom is 0.106 e. The van der Waals surface area contributed by atoms with Crippen LogP contribution >= 0.6 is 12.2 Å². The van der Waals surface area contributed by atoms with E-state index in [4.69, 9.17) is 18.0 Å². The Balaban J connectivity index is 2.42. The van der Waals surface area contributed by atoms with E-state index in [9.17, 15) is 0 Å². The first-order chi connectivity index (χ1) is 8.13. The third-order valence-corrected chi connectivity index (χ3v) is 3.80. The lowest BCUT2D eigenvalue weighted by atomic mass is 10.1. The molecule has 17 heavy (non-hydrogen) atoms. The summed E-state index contributed by atoms with van der Waals surface area (Å²) in [5, 5.41) is 0. The van der Waals surface area contributed by atoms with E-state index in [1.807, 2.05) is 0 Å². The first-order valence-electron chi connectivity index (χ1n) is 6.30. The average molecular weight is 248 g/mol. The van der Waals surface area contributed by atoms with E-state index in [1.165, 1.54) is 30.5 Å². The van der Waals surface area contributed by atoms with Gasteiger partial charge in [-0.3, -0.25) is 0 Å². The number of nitrogens with two attached hydrogens (primary N) is 1. The molecule has 1 aromatic rings. The third-order valence-electron chi connectivity index (χ3n) is 3.58. The quantitative estimate of drug-likeness (QED) is 0.834. The average Bonchev–Trinajstić information content (AvgIpc) is 2.76. The molecule has 1 heterocycles. The molecule has 2 nitrogen and oxygen atoms in total. The number of aryl methyl sites for hydroxylation is 1. The van der Waals surface area contributed by atoms with Crippen LogP contribution in [-0.4, -0.2) is 17.6 Å². The molecule has 0 bridgehead atoms. The summed E-state index contributed by atoms with van der Waals surface area (Å²) in [5.41, 5.74) is 9.33. The van der Waals surface area contributed by atoms with E-state index in [0.29, 0.717) is 11.0 Å². The molecular weight excluding hydrogens is 228 g/mol. The Morgan fingerprint density at radius 2 is 2.29 bits per heavy atom. The van der Waals surface area contributed by atoms with Gasteiger partial charge in [-0.05, 0) is 43.9 Å². The fraction of sp³-hybridized carbons (Fsp3) is 0.500. The predicted molar refractivity (Wildman–Crippen MR) is 77.7 cm³/mol. The van der Waals surface area contributed by atoms with Crippen LogP contribution in [0.4, 0.5) is 5.69 Å². The molecule has 2 N–H and O–H groups in total. The Morgan fingerprint density at radius 1 is 1.53 bits per heavy atom. The lowest BCUT2D eigenvalue weighted by Crippen LogP contribution is -2.30. The largest absolute Gasteiger partial charge is 0.389 e.